The van der Waals surface area contributed by atoms with Gasteiger partial charge in [0.25, 0.3) is 0 Å². The van der Waals surface area contributed by atoms with Gasteiger partial charge >= 0.3 is 0 Å². The molecule has 0 spiro atoms. The zero-order valence-electron chi connectivity index (χ0n) is 15.1. The van der Waals surface area contributed by atoms with E-state index in [9.17, 15) is 4.79 Å². The van der Waals surface area contributed by atoms with Gasteiger partial charge in [0.2, 0.25) is 5.91 Å². The van der Waals surface area contributed by atoms with Crippen molar-refractivity contribution in [1.29, 1.82) is 0 Å². The second kappa shape index (κ2) is 7.58. The SMILES string of the molecule is Cc1cnc(CCNC(=O)CCc2nc3ccccc3s2)n1CC1CC1. The predicted molar refractivity (Wildman–Crippen MR) is 104 cm³/mol. The summed E-state index contributed by atoms with van der Waals surface area (Å²) < 4.78 is 3.49. The number of hydrogen-bond acceptors (Lipinski definition) is 4. The topological polar surface area (TPSA) is 59.8 Å². The second-order valence-electron chi connectivity index (χ2n) is 7.05. The van der Waals surface area contributed by atoms with Crippen molar-refractivity contribution < 1.29 is 4.79 Å². The minimum Gasteiger partial charge on any atom is -0.356 e. The van der Waals surface area contributed by atoms with Crippen LogP contribution in [0.5, 0.6) is 0 Å². The van der Waals surface area contributed by atoms with Crippen LogP contribution in [0.1, 0.15) is 35.8 Å². The smallest absolute Gasteiger partial charge is 0.220 e. The van der Waals surface area contributed by atoms with Crippen molar-refractivity contribution in [2.24, 2.45) is 5.92 Å². The van der Waals surface area contributed by atoms with Gasteiger partial charge in [-0.25, -0.2) is 9.97 Å². The first-order valence-corrected chi connectivity index (χ1v) is 10.1. The van der Waals surface area contributed by atoms with Gasteiger partial charge in [-0.15, -0.1) is 11.3 Å². The number of thiazole rings is 1. The number of nitrogens with zero attached hydrogens (tertiary/aromatic N) is 3. The number of amides is 1. The van der Waals surface area contributed by atoms with Crippen molar-refractivity contribution in [1.82, 2.24) is 19.9 Å². The number of fused-ring (bicyclic) bond motifs is 1. The van der Waals surface area contributed by atoms with E-state index in [0.29, 0.717) is 19.4 Å². The average molecular weight is 369 g/mol. The van der Waals surface area contributed by atoms with Gasteiger partial charge in [0, 0.05) is 44.2 Å². The number of rotatable bonds is 8. The molecule has 2 heterocycles. The van der Waals surface area contributed by atoms with Crippen LogP contribution in [-0.4, -0.2) is 27.0 Å². The quantitative estimate of drug-likeness (QED) is 0.662. The van der Waals surface area contributed by atoms with E-state index >= 15 is 0 Å². The molecule has 3 aromatic rings. The van der Waals surface area contributed by atoms with Crippen LogP contribution >= 0.6 is 11.3 Å². The highest BCUT2D eigenvalue weighted by molar-refractivity contribution is 7.18. The molecule has 0 aliphatic heterocycles. The second-order valence-corrected chi connectivity index (χ2v) is 8.16. The summed E-state index contributed by atoms with van der Waals surface area (Å²) in [5.74, 6) is 1.99. The van der Waals surface area contributed by atoms with E-state index in [2.05, 4.69) is 32.8 Å². The van der Waals surface area contributed by atoms with Gasteiger partial charge in [0.05, 0.1) is 15.2 Å². The van der Waals surface area contributed by atoms with Crippen LogP contribution in [0, 0.1) is 12.8 Å². The van der Waals surface area contributed by atoms with E-state index in [1.54, 1.807) is 11.3 Å². The fourth-order valence-corrected chi connectivity index (χ4v) is 4.13. The highest BCUT2D eigenvalue weighted by atomic mass is 32.1. The number of hydrogen-bond donors (Lipinski definition) is 1. The molecule has 1 aromatic carbocycles. The number of carbonyl (C=O) groups is 1. The molecular formula is C20H24N4OS. The van der Waals surface area contributed by atoms with Crippen LogP contribution in [0.3, 0.4) is 0 Å². The van der Waals surface area contributed by atoms with Gasteiger partial charge in [-0.05, 0) is 37.8 Å². The van der Waals surface area contributed by atoms with Crippen LogP contribution < -0.4 is 5.32 Å². The monoisotopic (exact) mass is 368 g/mol. The zero-order valence-corrected chi connectivity index (χ0v) is 15.9. The van der Waals surface area contributed by atoms with Crippen LogP contribution in [-0.2, 0) is 24.2 Å². The fourth-order valence-electron chi connectivity index (χ4n) is 3.17. The Kier molecular flexibility index (Phi) is 5.02. The number of benzene rings is 1. The average Bonchev–Trinajstić information content (AvgIpc) is 3.26. The molecule has 0 atom stereocenters. The maximum atomic E-state index is 12.1. The highest BCUT2D eigenvalue weighted by Gasteiger charge is 2.23. The van der Waals surface area contributed by atoms with Crippen molar-refractivity contribution in [3.05, 3.63) is 47.0 Å². The summed E-state index contributed by atoms with van der Waals surface area (Å²) in [6.45, 7) is 3.82. The Bertz CT molecular complexity index is 877. The molecule has 2 aromatic heterocycles. The summed E-state index contributed by atoms with van der Waals surface area (Å²) in [6, 6.07) is 8.10. The molecule has 0 radical (unpaired) electrons. The lowest BCUT2D eigenvalue weighted by Gasteiger charge is -2.10. The summed E-state index contributed by atoms with van der Waals surface area (Å²) in [5.41, 5.74) is 2.24. The third kappa shape index (κ3) is 4.12. The Morgan fingerprint density at radius 3 is 2.96 bits per heavy atom. The summed E-state index contributed by atoms with van der Waals surface area (Å²) in [5, 5.41) is 4.05. The molecule has 1 amide bonds. The van der Waals surface area contributed by atoms with E-state index < -0.39 is 0 Å². The molecule has 1 aliphatic rings. The van der Waals surface area contributed by atoms with Gasteiger partial charge in [0.1, 0.15) is 5.82 Å². The molecule has 0 unspecified atom stereocenters. The van der Waals surface area contributed by atoms with E-state index in [1.807, 2.05) is 24.4 Å². The largest absolute Gasteiger partial charge is 0.356 e. The molecule has 0 bridgehead atoms. The van der Waals surface area contributed by atoms with Gasteiger partial charge in [-0.1, -0.05) is 12.1 Å². The molecule has 1 N–H and O–H groups in total. The van der Waals surface area contributed by atoms with Crippen LogP contribution in [0.15, 0.2) is 30.5 Å². The van der Waals surface area contributed by atoms with Crippen molar-refractivity contribution in [3.63, 3.8) is 0 Å². The van der Waals surface area contributed by atoms with Gasteiger partial charge < -0.3 is 9.88 Å². The van der Waals surface area contributed by atoms with E-state index in [4.69, 9.17) is 0 Å². The fraction of sp³-hybridized carbons (Fsp3) is 0.450. The number of carbonyl (C=O) groups excluding carboxylic acids is 1. The van der Waals surface area contributed by atoms with Crippen LogP contribution in [0.4, 0.5) is 0 Å². The third-order valence-corrected chi connectivity index (χ3v) is 5.95. The Hall–Kier alpha value is -2.21. The van der Waals surface area contributed by atoms with E-state index in [1.165, 1.54) is 23.2 Å². The van der Waals surface area contributed by atoms with Crippen molar-refractivity contribution >= 4 is 27.5 Å². The Morgan fingerprint density at radius 2 is 2.15 bits per heavy atom. The molecule has 136 valence electrons. The van der Waals surface area contributed by atoms with E-state index in [-0.39, 0.29) is 5.91 Å². The minimum absolute atomic E-state index is 0.0845. The molecule has 5 nitrogen and oxygen atoms in total. The minimum atomic E-state index is 0.0845. The zero-order chi connectivity index (χ0) is 17.9. The summed E-state index contributed by atoms with van der Waals surface area (Å²) in [7, 11) is 0. The standard InChI is InChI=1S/C20H24N4OS/c1-14-12-22-18(24(14)13-15-6-7-15)10-11-21-19(25)8-9-20-23-16-4-2-3-5-17(16)26-20/h2-5,12,15H,6-11,13H2,1H3,(H,21,25). The molecule has 26 heavy (non-hydrogen) atoms. The Morgan fingerprint density at radius 1 is 1.31 bits per heavy atom. The summed E-state index contributed by atoms with van der Waals surface area (Å²) >= 11 is 1.67. The van der Waals surface area contributed by atoms with Crippen LogP contribution in [0.25, 0.3) is 10.2 Å². The summed E-state index contributed by atoms with van der Waals surface area (Å²) in [6.07, 6.45) is 6.56. The normalized spacial score (nSPS) is 14.0. The number of imidazole rings is 1. The lowest BCUT2D eigenvalue weighted by Crippen LogP contribution is -2.26. The predicted octanol–water partition coefficient (Wildman–Crippen LogP) is 3.50. The molecule has 6 heteroatoms. The molecule has 1 aliphatic carbocycles. The van der Waals surface area contributed by atoms with Crippen LogP contribution in [0.2, 0.25) is 0 Å². The molecule has 1 fully saturated rings. The number of aryl methyl sites for hydroxylation is 2. The van der Waals surface area contributed by atoms with E-state index in [0.717, 1.165) is 35.2 Å². The van der Waals surface area contributed by atoms with Crippen molar-refractivity contribution in [3.8, 4) is 0 Å². The molecular weight excluding hydrogens is 344 g/mol. The van der Waals surface area contributed by atoms with Gasteiger partial charge in [-0.3, -0.25) is 4.79 Å². The lowest BCUT2D eigenvalue weighted by molar-refractivity contribution is -0.121. The number of para-hydroxylation sites is 1. The maximum Gasteiger partial charge on any atom is 0.220 e. The Balaban J connectivity index is 1.24. The lowest BCUT2D eigenvalue weighted by atomic mass is 10.3. The molecule has 0 saturated heterocycles. The van der Waals surface area contributed by atoms with Crippen molar-refractivity contribution in [2.45, 2.75) is 45.6 Å². The number of nitrogens with one attached hydrogen (secondary N) is 1. The third-order valence-electron chi connectivity index (χ3n) is 4.85. The molecule has 1 saturated carbocycles. The first-order chi connectivity index (χ1) is 12.7. The number of aromatic nitrogens is 3. The van der Waals surface area contributed by atoms with Gasteiger partial charge in [-0.2, -0.15) is 0 Å². The Labute approximate surface area is 157 Å². The van der Waals surface area contributed by atoms with Crippen molar-refractivity contribution in [2.75, 3.05) is 6.54 Å². The summed E-state index contributed by atoms with van der Waals surface area (Å²) in [4.78, 5) is 21.2. The first kappa shape index (κ1) is 17.2. The van der Waals surface area contributed by atoms with Gasteiger partial charge in [0.15, 0.2) is 0 Å². The highest BCUT2D eigenvalue weighted by Crippen LogP contribution is 2.31. The molecule has 4 rings (SSSR count). The maximum absolute atomic E-state index is 12.1. The first-order valence-electron chi connectivity index (χ1n) is 9.31.